The van der Waals surface area contributed by atoms with Crippen LogP contribution in [0.1, 0.15) is 49.7 Å². The molecule has 3 heterocycles. The van der Waals surface area contributed by atoms with Crippen LogP contribution in [0.5, 0.6) is 0 Å². The van der Waals surface area contributed by atoms with E-state index in [-0.39, 0.29) is 6.54 Å². The highest BCUT2D eigenvalue weighted by Gasteiger charge is 2.54. The first kappa shape index (κ1) is 27.6. The molecular formula is C23H33N5O7S. The molecule has 2 aliphatic heterocycles. The monoisotopic (exact) mass is 523 g/mol. The number of amides is 2. The van der Waals surface area contributed by atoms with E-state index >= 15 is 0 Å². The Morgan fingerprint density at radius 2 is 1.81 bits per heavy atom. The van der Waals surface area contributed by atoms with Crippen LogP contribution in [0.2, 0.25) is 0 Å². The molecule has 1 aromatic carbocycles. The highest BCUT2D eigenvalue weighted by Crippen LogP contribution is 2.44. The number of hydrogen-bond acceptors (Lipinski definition) is 8. The number of aromatic nitrogens is 2. The Morgan fingerprint density at radius 1 is 1.17 bits per heavy atom. The number of nitrogens with zero attached hydrogens (tertiary/aromatic N) is 5. The van der Waals surface area contributed by atoms with Crippen LogP contribution in [0.4, 0.5) is 4.79 Å². The molecular weight excluding hydrogens is 490 g/mol. The van der Waals surface area contributed by atoms with Gasteiger partial charge in [-0.05, 0) is 31.6 Å². The number of carbonyl (C=O) groups is 2. The number of fused-ring (bicyclic) bond motifs is 4. The van der Waals surface area contributed by atoms with Gasteiger partial charge in [-0.3, -0.25) is 9.23 Å². The first-order chi connectivity index (χ1) is 17.1. The van der Waals surface area contributed by atoms with Gasteiger partial charge in [-0.1, -0.05) is 51.1 Å². The molecule has 0 saturated carbocycles. The van der Waals surface area contributed by atoms with Gasteiger partial charge in [0.2, 0.25) is 0 Å². The lowest BCUT2D eigenvalue weighted by atomic mass is 9.98. The van der Waals surface area contributed by atoms with Crippen LogP contribution in [-0.4, -0.2) is 82.9 Å². The van der Waals surface area contributed by atoms with E-state index < -0.39 is 34.5 Å². The van der Waals surface area contributed by atoms with E-state index in [1.807, 2.05) is 30.3 Å². The van der Waals surface area contributed by atoms with Crippen LogP contribution in [-0.2, 0) is 37.2 Å². The standard InChI is InChI=1S/C17H18N4O7S.C6H15N/c1-27-16(22)15-14-12(9-18-20(14)8-7-11-5-3-2-4-6-11)13-10-19(15)17(23)21(13)28-29(24,25)26;1-4-7(5-2)6-3/h2-6,9,13,15H,7-8,10H2,1H3,(H,24,25,26);4-6H2,1-3H3. The van der Waals surface area contributed by atoms with Crippen molar-refractivity contribution in [2.75, 3.05) is 33.3 Å². The van der Waals surface area contributed by atoms with Gasteiger partial charge in [0.05, 0.1) is 25.5 Å². The molecule has 2 bridgehead atoms. The second kappa shape index (κ2) is 11.8. The SMILES string of the molecule is CCN(CC)CC.COC(=O)C1c2c(cnn2CCc2ccccc2)C2CN1C(=O)N2OS(=O)(=O)O. The number of hydroxylamine groups is 2. The van der Waals surface area contributed by atoms with Gasteiger partial charge in [0.1, 0.15) is 6.04 Å². The normalized spacial score (nSPS) is 18.7. The number of esters is 1. The average Bonchev–Trinajstić information content (AvgIpc) is 3.40. The lowest BCUT2D eigenvalue weighted by Crippen LogP contribution is -2.40. The first-order valence-electron chi connectivity index (χ1n) is 11.8. The van der Waals surface area contributed by atoms with Crippen LogP contribution in [0.25, 0.3) is 0 Å². The van der Waals surface area contributed by atoms with E-state index in [1.54, 1.807) is 4.68 Å². The van der Waals surface area contributed by atoms with Gasteiger partial charge in [-0.25, -0.2) is 9.59 Å². The predicted octanol–water partition coefficient (Wildman–Crippen LogP) is 2.21. The summed E-state index contributed by atoms with van der Waals surface area (Å²) in [5.41, 5.74) is 1.95. The van der Waals surface area contributed by atoms with Crippen molar-refractivity contribution in [2.45, 2.75) is 45.8 Å². The summed E-state index contributed by atoms with van der Waals surface area (Å²) in [4.78, 5) is 28.7. The van der Waals surface area contributed by atoms with Crippen molar-refractivity contribution in [1.82, 2.24) is 24.6 Å². The Hall–Kier alpha value is -3.00. The molecule has 0 spiro atoms. The minimum Gasteiger partial charge on any atom is -0.467 e. The second-order valence-corrected chi connectivity index (χ2v) is 9.27. The molecule has 2 unspecified atom stereocenters. The van der Waals surface area contributed by atoms with Crippen molar-refractivity contribution < 1.29 is 31.6 Å². The minimum atomic E-state index is -4.93. The molecule has 1 aromatic heterocycles. The van der Waals surface area contributed by atoms with Crippen LogP contribution in [0.15, 0.2) is 36.5 Å². The largest absolute Gasteiger partial charge is 0.467 e. The van der Waals surface area contributed by atoms with Gasteiger partial charge in [0, 0.05) is 12.1 Å². The fourth-order valence-corrected chi connectivity index (χ4v) is 4.79. The molecule has 1 fully saturated rings. The Morgan fingerprint density at radius 3 is 2.33 bits per heavy atom. The summed E-state index contributed by atoms with van der Waals surface area (Å²) in [5.74, 6) is -0.687. The molecule has 2 aliphatic rings. The minimum absolute atomic E-state index is 0.00843. The van der Waals surface area contributed by atoms with Crippen LogP contribution >= 0.6 is 0 Å². The molecule has 0 radical (unpaired) electrons. The quantitative estimate of drug-likeness (QED) is 0.388. The van der Waals surface area contributed by atoms with E-state index in [2.05, 4.69) is 35.1 Å². The van der Waals surface area contributed by atoms with Gasteiger partial charge in [0.15, 0.2) is 6.04 Å². The summed E-state index contributed by atoms with van der Waals surface area (Å²) in [5, 5.41) is 4.87. The molecule has 2 amide bonds. The number of hydrogen-bond donors (Lipinski definition) is 1. The third-order valence-corrected chi connectivity index (χ3v) is 6.67. The first-order valence-corrected chi connectivity index (χ1v) is 13.2. The van der Waals surface area contributed by atoms with Crippen molar-refractivity contribution >= 4 is 22.4 Å². The second-order valence-electron chi connectivity index (χ2n) is 8.27. The molecule has 1 saturated heterocycles. The number of ether oxygens (including phenoxy) is 1. The van der Waals surface area contributed by atoms with E-state index in [1.165, 1.54) is 32.9 Å². The fraction of sp³-hybridized carbons (Fsp3) is 0.522. The van der Waals surface area contributed by atoms with Gasteiger partial charge in [-0.15, -0.1) is 4.28 Å². The number of aryl methyl sites for hydroxylation is 2. The lowest BCUT2D eigenvalue weighted by molar-refractivity contribution is -0.146. The van der Waals surface area contributed by atoms with Gasteiger partial charge in [0.25, 0.3) is 0 Å². The van der Waals surface area contributed by atoms with Crippen molar-refractivity contribution in [2.24, 2.45) is 0 Å². The van der Waals surface area contributed by atoms with Crippen molar-refractivity contribution in [3.05, 3.63) is 53.3 Å². The Kier molecular flexibility index (Phi) is 9.06. The van der Waals surface area contributed by atoms with Crippen molar-refractivity contribution in [1.29, 1.82) is 0 Å². The Balaban J connectivity index is 0.000000454. The summed E-state index contributed by atoms with van der Waals surface area (Å²) < 4.78 is 42.3. The number of carbonyl (C=O) groups excluding carboxylic acids is 2. The number of urea groups is 1. The third kappa shape index (κ3) is 6.03. The summed E-state index contributed by atoms with van der Waals surface area (Å²) in [7, 11) is -3.73. The van der Waals surface area contributed by atoms with Gasteiger partial charge in [-0.2, -0.15) is 18.6 Å². The van der Waals surface area contributed by atoms with E-state index in [0.717, 1.165) is 10.5 Å². The zero-order valence-electron chi connectivity index (χ0n) is 20.9. The van der Waals surface area contributed by atoms with Crippen LogP contribution in [0, 0.1) is 0 Å². The van der Waals surface area contributed by atoms with E-state index in [9.17, 15) is 18.0 Å². The number of methoxy groups -OCH3 is 1. The van der Waals surface area contributed by atoms with Gasteiger partial charge < -0.3 is 14.5 Å². The van der Waals surface area contributed by atoms with Crippen molar-refractivity contribution in [3.63, 3.8) is 0 Å². The molecule has 198 valence electrons. The molecule has 4 rings (SSSR count). The third-order valence-electron chi connectivity index (χ3n) is 6.32. The molecule has 2 aromatic rings. The zero-order valence-corrected chi connectivity index (χ0v) is 21.7. The smallest absolute Gasteiger partial charge is 0.418 e. The van der Waals surface area contributed by atoms with Gasteiger partial charge >= 0.3 is 22.4 Å². The maximum absolute atomic E-state index is 12.7. The topological polar surface area (TPSA) is 135 Å². The maximum Gasteiger partial charge on any atom is 0.418 e. The fourth-order valence-electron chi connectivity index (χ4n) is 4.42. The molecule has 36 heavy (non-hydrogen) atoms. The average molecular weight is 524 g/mol. The molecule has 0 aliphatic carbocycles. The Labute approximate surface area is 211 Å². The highest BCUT2D eigenvalue weighted by atomic mass is 32.3. The van der Waals surface area contributed by atoms with E-state index in [0.29, 0.717) is 29.3 Å². The Bertz CT molecular complexity index is 1150. The van der Waals surface area contributed by atoms with Crippen molar-refractivity contribution in [3.8, 4) is 0 Å². The summed E-state index contributed by atoms with van der Waals surface area (Å²) >= 11 is 0. The summed E-state index contributed by atoms with van der Waals surface area (Å²) in [6, 6.07) is 6.86. The molecule has 2 atom stereocenters. The maximum atomic E-state index is 12.7. The molecule has 12 nitrogen and oxygen atoms in total. The summed E-state index contributed by atoms with van der Waals surface area (Å²) in [6.07, 6.45) is 2.10. The summed E-state index contributed by atoms with van der Waals surface area (Å²) in [6.45, 7) is 10.5. The number of rotatable bonds is 9. The highest BCUT2D eigenvalue weighted by molar-refractivity contribution is 7.80. The van der Waals surface area contributed by atoms with Crippen LogP contribution in [0.3, 0.4) is 0 Å². The molecule has 13 heteroatoms. The lowest BCUT2D eigenvalue weighted by Gasteiger charge is -2.29. The van der Waals surface area contributed by atoms with E-state index in [4.69, 9.17) is 9.29 Å². The van der Waals surface area contributed by atoms with Crippen LogP contribution < -0.4 is 0 Å². The number of benzene rings is 1. The zero-order chi connectivity index (χ0) is 26.5. The molecule has 1 N–H and O–H groups in total. The predicted molar refractivity (Wildman–Crippen MR) is 130 cm³/mol.